The van der Waals surface area contributed by atoms with Crippen molar-refractivity contribution in [2.24, 2.45) is 0 Å². The lowest BCUT2D eigenvalue weighted by molar-refractivity contribution is 0.589. The predicted octanol–water partition coefficient (Wildman–Crippen LogP) is 4.75. The van der Waals surface area contributed by atoms with Crippen LogP contribution in [0.15, 0.2) is 54.6 Å². The van der Waals surface area contributed by atoms with Gasteiger partial charge in [0, 0.05) is 6.54 Å². The molecule has 0 radical (unpaired) electrons. The van der Waals surface area contributed by atoms with E-state index in [1.54, 1.807) is 0 Å². The minimum absolute atomic E-state index is 0.184. The molecule has 0 aliphatic heterocycles. The minimum atomic E-state index is 0.184. The van der Waals surface area contributed by atoms with Crippen LogP contribution in [0.4, 0.5) is 0 Å². The number of benzene rings is 2. The summed E-state index contributed by atoms with van der Waals surface area (Å²) in [4.78, 5) is 0. The van der Waals surface area contributed by atoms with E-state index in [1.165, 1.54) is 16.7 Å². The van der Waals surface area contributed by atoms with Gasteiger partial charge in [-0.1, -0.05) is 75.4 Å². The molecule has 0 unspecified atom stereocenters. The largest absolute Gasteiger partial charge is 0.362 e. The predicted molar refractivity (Wildman–Crippen MR) is 107 cm³/mol. The molecule has 2 nitrogen and oxygen atoms in total. The summed E-state index contributed by atoms with van der Waals surface area (Å²) in [7, 11) is 0. The first-order valence-electron chi connectivity index (χ1n) is 8.55. The van der Waals surface area contributed by atoms with Crippen LogP contribution in [0.25, 0.3) is 0 Å². The van der Waals surface area contributed by atoms with Crippen molar-refractivity contribution >= 4 is 17.3 Å². The van der Waals surface area contributed by atoms with E-state index in [2.05, 4.69) is 86.9 Å². The second-order valence-electron chi connectivity index (χ2n) is 7.23. The van der Waals surface area contributed by atoms with E-state index >= 15 is 0 Å². The van der Waals surface area contributed by atoms with Gasteiger partial charge in [-0.05, 0) is 47.7 Å². The molecule has 0 amide bonds. The fourth-order valence-electron chi connectivity index (χ4n) is 2.57. The summed E-state index contributed by atoms with van der Waals surface area (Å²) in [5.74, 6) is 0. The topological polar surface area (TPSA) is 24.1 Å². The molecule has 0 aromatic heterocycles. The molecule has 1 atom stereocenters. The second-order valence-corrected chi connectivity index (χ2v) is 7.64. The smallest absolute Gasteiger partial charge is 0.166 e. The zero-order valence-corrected chi connectivity index (χ0v) is 15.9. The van der Waals surface area contributed by atoms with Crippen molar-refractivity contribution in [1.82, 2.24) is 10.6 Å². The molecule has 2 aromatic rings. The molecule has 0 aliphatic carbocycles. The maximum Gasteiger partial charge on any atom is 0.166 e. The van der Waals surface area contributed by atoms with Crippen LogP contribution < -0.4 is 10.6 Å². The third kappa shape index (κ3) is 5.64. The Bertz CT molecular complexity index is 642. The normalized spacial score (nSPS) is 12.5. The summed E-state index contributed by atoms with van der Waals surface area (Å²) >= 11 is 5.41. The molecular weight excluding hydrogens is 312 g/mol. The van der Waals surface area contributed by atoms with Crippen LogP contribution in [0.2, 0.25) is 0 Å². The van der Waals surface area contributed by atoms with Gasteiger partial charge in [-0.25, -0.2) is 0 Å². The average molecular weight is 341 g/mol. The lowest BCUT2D eigenvalue weighted by Crippen LogP contribution is -2.37. The fourth-order valence-corrected chi connectivity index (χ4v) is 2.85. The monoisotopic (exact) mass is 340 g/mol. The highest BCUT2D eigenvalue weighted by atomic mass is 32.1. The van der Waals surface area contributed by atoms with Gasteiger partial charge < -0.3 is 10.6 Å². The van der Waals surface area contributed by atoms with Crippen molar-refractivity contribution < 1.29 is 0 Å². The van der Waals surface area contributed by atoms with Gasteiger partial charge in [0.2, 0.25) is 0 Å². The quantitative estimate of drug-likeness (QED) is 0.768. The van der Waals surface area contributed by atoms with Crippen LogP contribution in [-0.4, -0.2) is 11.7 Å². The third-order valence-electron chi connectivity index (χ3n) is 4.17. The summed E-state index contributed by atoms with van der Waals surface area (Å²) in [5, 5.41) is 7.36. The molecule has 0 bridgehead atoms. The molecule has 24 heavy (non-hydrogen) atoms. The van der Waals surface area contributed by atoms with Gasteiger partial charge in [-0.2, -0.15) is 0 Å². The number of hydrogen-bond acceptors (Lipinski definition) is 1. The summed E-state index contributed by atoms with van der Waals surface area (Å²) in [6.45, 7) is 9.67. The molecule has 2 rings (SSSR count). The van der Waals surface area contributed by atoms with E-state index in [0.29, 0.717) is 5.11 Å². The Hall–Kier alpha value is -1.87. The van der Waals surface area contributed by atoms with E-state index in [-0.39, 0.29) is 11.5 Å². The lowest BCUT2D eigenvalue weighted by Gasteiger charge is -2.21. The highest BCUT2D eigenvalue weighted by Crippen LogP contribution is 2.23. The van der Waals surface area contributed by atoms with Crippen molar-refractivity contribution in [3.63, 3.8) is 0 Å². The van der Waals surface area contributed by atoms with Crippen molar-refractivity contribution in [2.45, 2.75) is 45.6 Å². The van der Waals surface area contributed by atoms with Gasteiger partial charge in [-0.3, -0.25) is 0 Å². The fraction of sp³-hybridized carbons (Fsp3) is 0.381. The molecular formula is C21H28N2S. The van der Waals surface area contributed by atoms with Crippen molar-refractivity contribution in [1.29, 1.82) is 0 Å². The van der Waals surface area contributed by atoms with E-state index in [4.69, 9.17) is 12.2 Å². The summed E-state index contributed by atoms with van der Waals surface area (Å²) in [6.07, 6.45) is 0.970. The van der Waals surface area contributed by atoms with Gasteiger partial charge in [-0.15, -0.1) is 0 Å². The van der Waals surface area contributed by atoms with E-state index in [1.807, 2.05) is 6.07 Å². The number of nitrogens with one attached hydrogen (secondary N) is 2. The van der Waals surface area contributed by atoms with Crippen LogP contribution in [-0.2, 0) is 11.8 Å². The molecule has 2 aromatic carbocycles. The first-order valence-corrected chi connectivity index (χ1v) is 8.96. The van der Waals surface area contributed by atoms with Crippen molar-refractivity contribution in [3.8, 4) is 0 Å². The molecule has 0 heterocycles. The average Bonchev–Trinajstić information content (AvgIpc) is 2.55. The minimum Gasteiger partial charge on any atom is -0.362 e. The van der Waals surface area contributed by atoms with Gasteiger partial charge >= 0.3 is 0 Å². The summed E-state index contributed by atoms with van der Waals surface area (Å²) in [6, 6.07) is 19.4. The Morgan fingerprint density at radius 3 is 2.21 bits per heavy atom. The summed E-state index contributed by atoms with van der Waals surface area (Å²) < 4.78 is 0. The van der Waals surface area contributed by atoms with Crippen LogP contribution in [0, 0.1) is 0 Å². The first kappa shape index (κ1) is 18.5. The summed E-state index contributed by atoms with van der Waals surface area (Å²) in [5.41, 5.74) is 4.10. The van der Waals surface area contributed by atoms with Crippen LogP contribution >= 0.6 is 12.2 Å². The van der Waals surface area contributed by atoms with E-state index < -0.39 is 0 Å². The molecule has 2 N–H and O–H groups in total. The van der Waals surface area contributed by atoms with E-state index in [0.717, 1.165) is 13.0 Å². The first-order chi connectivity index (χ1) is 11.4. The van der Waals surface area contributed by atoms with E-state index in [9.17, 15) is 0 Å². The number of thiocarbonyl (C=S) groups is 1. The molecule has 0 saturated heterocycles. The maximum atomic E-state index is 5.41. The Kier molecular flexibility index (Phi) is 6.38. The van der Waals surface area contributed by atoms with Crippen LogP contribution in [0.3, 0.4) is 0 Å². The Labute approximate surface area is 151 Å². The molecule has 0 saturated carbocycles. The maximum absolute atomic E-state index is 5.41. The zero-order chi connectivity index (χ0) is 17.6. The second kappa shape index (κ2) is 8.29. The number of hydrogen-bond donors (Lipinski definition) is 2. The Morgan fingerprint density at radius 2 is 1.62 bits per heavy atom. The van der Waals surface area contributed by atoms with Crippen LogP contribution in [0.5, 0.6) is 0 Å². The molecule has 0 spiro atoms. The van der Waals surface area contributed by atoms with Crippen molar-refractivity contribution in [2.75, 3.05) is 6.54 Å². The van der Waals surface area contributed by atoms with Gasteiger partial charge in [0.15, 0.2) is 5.11 Å². The SMILES string of the molecule is C[C@@H](NC(=S)NCCc1ccccc1)c1ccc(C(C)(C)C)cc1. The number of rotatable bonds is 5. The third-order valence-corrected chi connectivity index (χ3v) is 4.43. The Balaban J connectivity index is 1.80. The van der Waals surface area contributed by atoms with Gasteiger partial charge in [0.1, 0.15) is 0 Å². The highest BCUT2D eigenvalue weighted by molar-refractivity contribution is 7.80. The molecule has 0 fully saturated rings. The highest BCUT2D eigenvalue weighted by Gasteiger charge is 2.14. The lowest BCUT2D eigenvalue weighted by atomic mass is 9.86. The molecule has 3 heteroatoms. The standard InChI is InChI=1S/C21H28N2S/c1-16(18-10-12-19(13-11-18)21(2,3)4)23-20(24)22-15-14-17-8-6-5-7-9-17/h5-13,16H,14-15H2,1-4H3,(H2,22,23,24)/t16-/m1/s1. The van der Waals surface area contributed by atoms with Gasteiger partial charge in [0.25, 0.3) is 0 Å². The molecule has 128 valence electrons. The Morgan fingerprint density at radius 1 is 1.00 bits per heavy atom. The van der Waals surface area contributed by atoms with Crippen LogP contribution in [0.1, 0.15) is 50.4 Å². The van der Waals surface area contributed by atoms with Gasteiger partial charge in [0.05, 0.1) is 6.04 Å². The molecule has 0 aliphatic rings. The van der Waals surface area contributed by atoms with Crippen molar-refractivity contribution in [3.05, 3.63) is 71.3 Å². The zero-order valence-electron chi connectivity index (χ0n) is 15.1.